The fourth-order valence-corrected chi connectivity index (χ4v) is 4.16. The Morgan fingerprint density at radius 1 is 1.00 bits per heavy atom. The van der Waals surface area contributed by atoms with Crippen LogP contribution in [0.2, 0.25) is 0 Å². The number of carbonyl (C=O) groups excluding carboxylic acids is 2. The highest BCUT2D eigenvalue weighted by Crippen LogP contribution is 2.44. The van der Waals surface area contributed by atoms with Gasteiger partial charge in [-0.2, -0.15) is 13.2 Å². The number of alkyl carbamates (subject to hydrolysis) is 1. The van der Waals surface area contributed by atoms with E-state index < -0.39 is 48.6 Å². The molecule has 0 spiro atoms. The Bertz CT molecular complexity index is 1040. The van der Waals surface area contributed by atoms with Crippen molar-refractivity contribution >= 4 is 18.0 Å². The Hall–Kier alpha value is -3.56. The first-order chi connectivity index (χ1) is 16.5. The van der Waals surface area contributed by atoms with E-state index in [9.17, 15) is 32.7 Å². The molecule has 3 atom stereocenters. The smallest absolute Gasteiger partial charge is 0.407 e. The van der Waals surface area contributed by atoms with Gasteiger partial charge in [-0.3, -0.25) is 4.79 Å². The number of aliphatic carboxylic acids is 1. The van der Waals surface area contributed by atoms with Crippen molar-refractivity contribution in [1.29, 1.82) is 0 Å². The van der Waals surface area contributed by atoms with Gasteiger partial charge in [0, 0.05) is 5.92 Å². The maximum Gasteiger partial charge on any atom is 0.407 e. The van der Waals surface area contributed by atoms with E-state index in [2.05, 4.69) is 5.32 Å². The number of nitrogens with one attached hydrogen (secondary N) is 2. The molecule has 0 saturated heterocycles. The average Bonchev–Trinajstić information content (AvgIpc) is 3.12. The first-order valence-corrected chi connectivity index (χ1v) is 11.2. The first kappa shape index (κ1) is 26.1. The summed E-state index contributed by atoms with van der Waals surface area (Å²) >= 11 is 0. The Labute approximate surface area is 200 Å². The van der Waals surface area contributed by atoms with E-state index in [0.717, 1.165) is 22.3 Å². The lowest BCUT2D eigenvalue weighted by Gasteiger charge is -2.25. The SMILES string of the molecule is CC[C@H](C)[C@H](NC(=O)C(CC(F)(F)F)NC(=O)OCC1c2ccccc2-c2ccccc21)C(=O)O. The number of carboxylic acids is 1. The van der Waals surface area contributed by atoms with E-state index >= 15 is 0 Å². The van der Waals surface area contributed by atoms with Gasteiger partial charge in [0.1, 0.15) is 18.7 Å². The van der Waals surface area contributed by atoms with Crippen molar-refractivity contribution in [2.45, 2.75) is 50.9 Å². The Morgan fingerprint density at radius 2 is 1.54 bits per heavy atom. The van der Waals surface area contributed by atoms with Crippen molar-refractivity contribution in [3.63, 3.8) is 0 Å². The number of ether oxygens (including phenoxy) is 1. The maximum absolute atomic E-state index is 13.1. The van der Waals surface area contributed by atoms with Crippen LogP contribution in [0.4, 0.5) is 18.0 Å². The second-order valence-electron chi connectivity index (χ2n) is 8.55. The van der Waals surface area contributed by atoms with E-state index in [1.165, 1.54) is 0 Å². The van der Waals surface area contributed by atoms with Crippen LogP contribution in [-0.4, -0.2) is 47.9 Å². The second-order valence-corrected chi connectivity index (χ2v) is 8.55. The van der Waals surface area contributed by atoms with Gasteiger partial charge in [-0.1, -0.05) is 68.8 Å². The van der Waals surface area contributed by atoms with Crippen molar-refractivity contribution in [2.75, 3.05) is 6.61 Å². The summed E-state index contributed by atoms with van der Waals surface area (Å²) in [6.45, 7) is 3.09. The molecule has 2 aromatic carbocycles. The van der Waals surface area contributed by atoms with Crippen molar-refractivity contribution in [1.82, 2.24) is 10.6 Å². The molecular formula is C25H27F3N2O5. The van der Waals surface area contributed by atoms with Crippen LogP contribution in [0.15, 0.2) is 48.5 Å². The standard InChI is InChI=1S/C25H27F3N2O5/c1-3-14(2)21(23(32)33)30-22(31)20(12-25(26,27)28)29-24(34)35-13-19-17-10-6-4-8-15(17)16-9-5-7-11-18(16)19/h4-11,14,19-21H,3,12-13H2,1-2H3,(H,29,34)(H,30,31)(H,32,33)/t14-,20?,21-/m0/s1. The number of carboxylic acid groups (broad SMARTS) is 1. The van der Waals surface area contributed by atoms with Gasteiger partial charge in [-0.15, -0.1) is 0 Å². The number of hydrogen-bond acceptors (Lipinski definition) is 4. The number of fused-ring (bicyclic) bond motifs is 3. The minimum atomic E-state index is -4.78. The Balaban J connectivity index is 1.70. The largest absolute Gasteiger partial charge is 0.480 e. The van der Waals surface area contributed by atoms with E-state index in [1.807, 2.05) is 53.8 Å². The van der Waals surface area contributed by atoms with E-state index in [0.29, 0.717) is 6.42 Å². The lowest BCUT2D eigenvalue weighted by Crippen LogP contribution is -2.54. The molecule has 7 nitrogen and oxygen atoms in total. The second kappa shape index (κ2) is 10.8. The Kier molecular flexibility index (Phi) is 8.03. The number of rotatable bonds is 9. The highest BCUT2D eigenvalue weighted by molar-refractivity contribution is 5.89. The number of amides is 2. The molecular weight excluding hydrogens is 465 g/mol. The third-order valence-electron chi connectivity index (χ3n) is 6.16. The van der Waals surface area contributed by atoms with Crippen LogP contribution in [0.5, 0.6) is 0 Å². The third-order valence-corrected chi connectivity index (χ3v) is 6.16. The summed E-state index contributed by atoms with van der Waals surface area (Å²) < 4.78 is 44.6. The fraction of sp³-hybridized carbons (Fsp3) is 0.400. The van der Waals surface area contributed by atoms with Crippen LogP contribution in [-0.2, 0) is 14.3 Å². The predicted octanol–water partition coefficient (Wildman–Crippen LogP) is 4.46. The first-order valence-electron chi connectivity index (χ1n) is 11.2. The van der Waals surface area contributed by atoms with Crippen molar-refractivity contribution in [3.8, 4) is 11.1 Å². The molecule has 0 radical (unpaired) electrons. The molecule has 0 aromatic heterocycles. The van der Waals surface area contributed by atoms with Crippen molar-refractivity contribution < 1.29 is 37.4 Å². The molecule has 1 aliphatic carbocycles. The fourth-order valence-electron chi connectivity index (χ4n) is 4.16. The highest BCUT2D eigenvalue weighted by atomic mass is 19.4. The van der Waals surface area contributed by atoms with Gasteiger partial charge in [0.2, 0.25) is 5.91 Å². The predicted molar refractivity (Wildman–Crippen MR) is 122 cm³/mol. The van der Waals surface area contributed by atoms with E-state index in [4.69, 9.17) is 4.74 Å². The molecule has 188 valence electrons. The monoisotopic (exact) mass is 492 g/mol. The molecule has 1 aliphatic rings. The topological polar surface area (TPSA) is 105 Å². The van der Waals surface area contributed by atoms with Crippen LogP contribution in [0.1, 0.15) is 43.7 Å². The zero-order valence-corrected chi connectivity index (χ0v) is 19.3. The van der Waals surface area contributed by atoms with Crippen molar-refractivity contribution in [2.24, 2.45) is 5.92 Å². The summed E-state index contributed by atoms with van der Waals surface area (Å²) in [5.74, 6) is -3.47. The van der Waals surface area contributed by atoms with E-state index in [-0.39, 0.29) is 12.5 Å². The third kappa shape index (κ3) is 6.32. The van der Waals surface area contributed by atoms with Crippen LogP contribution < -0.4 is 10.6 Å². The molecule has 0 aliphatic heterocycles. The summed E-state index contributed by atoms with van der Waals surface area (Å²) in [5.41, 5.74) is 3.81. The summed E-state index contributed by atoms with van der Waals surface area (Å²) in [4.78, 5) is 36.4. The zero-order chi connectivity index (χ0) is 25.8. The molecule has 0 saturated carbocycles. The van der Waals surface area contributed by atoms with Gasteiger partial charge in [0.05, 0.1) is 6.42 Å². The summed E-state index contributed by atoms with van der Waals surface area (Å²) in [6, 6.07) is 11.7. The quantitative estimate of drug-likeness (QED) is 0.479. The minimum Gasteiger partial charge on any atom is -0.480 e. The van der Waals surface area contributed by atoms with E-state index in [1.54, 1.807) is 13.8 Å². The summed E-state index contributed by atoms with van der Waals surface area (Å²) in [6.07, 6.45) is -7.28. The van der Waals surface area contributed by atoms with Gasteiger partial charge in [-0.05, 0) is 28.2 Å². The Morgan fingerprint density at radius 3 is 2.03 bits per heavy atom. The molecule has 10 heteroatoms. The zero-order valence-electron chi connectivity index (χ0n) is 19.3. The number of benzene rings is 2. The molecule has 2 aromatic rings. The van der Waals surface area contributed by atoms with Gasteiger partial charge in [-0.25, -0.2) is 9.59 Å². The molecule has 2 amide bonds. The molecule has 3 rings (SSSR count). The normalized spacial score (nSPS) is 15.3. The lowest BCUT2D eigenvalue weighted by molar-refractivity contribution is -0.151. The maximum atomic E-state index is 13.1. The molecule has 0 fully saturated rings. The molecule has 0 heterocycles. The number of carbonyl (C=O) groups is 3. The molecule has 3 N–H and O–H groups in total. The minimum absolute atomic E-state index is 0.148. The average molecular weight is 492 g/mol. The lowest BCUT2D eigenvalue weighted by atomic mass is 9.98. The van der Waals surface area contributed by atoms with Gasteiger partial charge in [0.15, 0.2) is 0 Å². The molecule has 1 unspecified atom stereocenters. The molecule has 35 heavy (non-hydrogen) atoms. The number of alkyl halides is 3. The number of hydrogen-bond donors (Lipinski definition) is 3. The number of halogens is 3. The van der Waals surface area contributed by atoms with Gasteiger partial charge >= 0.3 is 18.2 Å². The summed E-state index contributed by atoms with van der Waals surface area (Å²) in [7, 11) is 0. The van der Waals surface area contributed by atoms with Crippen LogP contribution in [0.3, 0.4) is 0 Å². The van der Waals surface area contributed by atoms with Gasteiger partial charge in [0.25, 0.3) is 0 Å². The summed E-state index contributed by atoms with van der Waals surface area (Å²) in [5, 5.41) is 13.4. The highest BCUT2D eigenvalue weighted by Gasteiger charge is 2.39. The molecule has 0 bridgehead atoms. The van der Waals surface area contributed by atoms with Gasteiger partial charge < -0.3 is 20.5 Å². The van der Waals surface area contributed by atoms with Crippen molar-refractivity contribution in [3.05, 3.63) is 59.7 Å². The van der Waals surface area contributed by atoms with Crippen LogP contribution in [0.25, 0.3) is 11.1 Å². The van der Waals surface area contributed by atoms with Crippen LogP contribution in [0, 0.1) is 5.92 Å². The van der Waals surface area contributed by atoms with Crippen LogP contribution >= 0.6 is 0 Å².